The van der Waals surface area contributed by atoms with Crippen LogP contribution in [0.1, 0.15) is 20.3 Å². The average molecular weight is 154 g/mol. The topological polar surface area (TPSA) is 62.5 Å². The molecule has 0 saturated heterocycles. The van der Waals surface area contributed by atoms with Gasteiger partial charge < -0.3 is 4.74 Å². The summed E-state index contributed by atoms with van der Waals surface area (Å²) in [4.78, 5) is 14.3. The summed E-state index contributed by atoms with van der Waals surface area (Å²) in [7, 11) is 0. The van der Waals surface area contributed by atoms with Crippen molar-refractivity contribution in [3.63, 3.8) is 0 Å². The first-order chi connectivity index (χ1) is 5.09. The maximum atomic E-state index is 10.6. The molecule has 60 valence electrons. The fourth-order valence-corrected chi connectivity index (χ4v) is 0.819. The summed E-state index contributed by atoms with van der Waals surface area (Å²) in [5, 5.41) is 7.12. The Labute approximate surface area is 64.8 Å². The molecule has 0 atom stereocenters. The Bertz CT molecular complexity index is 231. The average Bonchev–Trinajstić information content (AvgIpc) is 1.85. The highest BCUT2D eigenvalue weighted by Crippen LogP contribution is 2.09. The molecule has 1 heterocycles. The van der Waals surface area contributed by atoms with Gasteiger partial charge in [-0.1, -0.05) is 13.8 Å². The lowest BCUT2D eigenvalue weighted by molar-refractivity contribution is 0.205. The van der Waals surface area contributed by atoms with Crippen LogP contribution >= 0.6 is 0 Å². The highest BCUT2D eigenvalue weighted by molar-refractivity contribution is 6.10. The quantitative estimate of drug-likeness (QED) is 0.623. The number of rotatable bonds is 1. The van der Waals surface area contributed by atoms with Crippen molar-refractivity contribution in [3.05, 3.63) is 0 Å². The fraction of sp³-hybridized carbons (Fsp3) is 0.571. The molecular weight excluding hydrogens is 144 g/mol. The van der Waals surface area contributed by atoms with Gasteiger partial charge >= 0.3 is 6.09 Å². The van der Waals surface area contributed by atoms with Gasteiger partial charge in [-0.3, -0.25) is 5.41 Å². The van der Waals surface area contributed by atoms with Gasteiger partial charge in [0.1, 0.15) is 0 Å². The lowest BCUT2D eigenvalue weighted by atomic mass is 10.0. The molecule has 1 rings (SSSR count). The molecule has 0 aromatic rings. The summed E-state index contributed by atoms with van der Waals surface area (Å²) in [5.41, 5.74) is 0.728. The summed E-state index contributed by atoms with van der Waals surface area (Å²) in [5.74, 6) is 0.205. The molecule has 1 amide bonds. The van der Waals surface area contributed by atoms with Crippen LogP contribution in [0.15, 0.2) is 4.99 Å². The van der Waals surface area contributed by atoms with Crippen molar-refractivity contribution < 1.29 is 9.53 Å². The number of cyclic esters (lactones) is 1. The van der Waals surface area contributed by atoms with Crippen molar-refractivity contribution in [2.45, 2.75) is 20.3 Å². The van der Waals surface area contributed by atoms with Crippen LogP contribution in [0, 0.1) is 11.3 Å². The van der Waals surface area contributed by atoms with E-state index in [9.17, 15) is 4.79 Å². The molecule has 11 heavy (non-hydrogen) atoms. The number of aliphatic imine (C=N–C) groups is 1. The van der Waals surface area contributed by atoms with E-state index in [4.69, 9.17) is 5.41 Å². The number of ether oxygens (including phenoxy) is 1. The summed E-state index contributed by atoms with van der Waals surface area (Å²) in [6.07, 6.45) is -0.298. The second-order valence-electron chi connectivity index (χ2n) is 2.73. The molecule has 0 aliphatic carbocycles. The highest BCUT2D eigenvalue weighted by Gasteiger charge is 2.19. The van der Waals surface area contributed by atoms with Crippen molar-refractivity contribution in [1.29, 1.82) is 5.41 Å². The van der Waals surface area contributed by atoms with Gasteiger partial charge in [-0.2, -0.15) is 4.99 Å². The van der Waals surface area contributed by atoms with Gasteiger partial charge in [0.25, 0.3) is 0 Å². The lowest BCUT2D eigenvalue weighted by Gasteiger charge is -2.14. The number of nitrogens with one attached hydrogen (secondary N) is 1. The van der Waals surface area contributed by atoms with Crippen LogP contribution in [0.25, 0.3) is 0 Å². The molecule has 1 aliphatic heterocycles. The first kappa shape index (κ1) is 7.91. The minimum atomic E-state index is -0.662. The summed E-state index contributed by atoms with van der Waals surface area (Å²) < 4.78 is 4.42. The highest BCUT2D eigenvalue weighted by atomic mass is 16.6. The SMILES string of the molecule is CC(C)C1=NC(=O)OC(=N)C1. The summed E-state index contributed by atoms with van der Waals surface area (Å²) in [6.45, 7) is 3.87. The van der Waals surface area contributed by atoms with E-state index in [0.29, 0.717) is 6.42 Å². The molecule has 4 nitrogen and oxygen atoms in total. The van der Waals surface area contributed by atoms with E-state index in [-0.39, 0.29) is 11.8 Å². The maximum Gasteiger partial charge on any atom is 0.440 e. The van der Waals surface area contributed by atoms with Crippen LogP contribution in [0.2, 0.25) is 0 Å². The van der Waals surface area contributed by atoms with Crippen LogP contribution in [0.5, 0.6) is 0 Å². The van der Waals surface area contributed by atoms with Crippen LogP contribution < -0.4 is 0 Å². The van der Waals surface area contributed by atoms with Gasteiger partial charge in [0.2, 0.25) is 0 Å². The largest absolute Gasteiger partial charge is 0.440 e. The van der Waals surface area contributed by atoms with E-state index in [1.54, 1.807) is 0 Å². The van der Waals surface area contributed by atoms with Crippen molar-refractivity contribution >= 4 is 17.7 Å². The Balaban J connectivity index is 2.80. The number of carbonyl (C=O) groups is 1. The predicted octanol–water partition coefficient (Wildman–Crippen LogP) is 1.60. The first-order valence-corrected chi connectivity index (χ1v) is 3.46. The van der Waals surface area contributed by atoms with Gasteiger partial charge in [-0.05, 0) is 5.92 Å². The Morgan fingerprint density at radius 3 is 2.73 bits per heavy atom. The molecule has 0 unspecified atom stereocenters. The van der Waals surface area contributed by atoms with Crippen molar-refractivity contribution in [1.82, 2.24) is 0 Å². The molecule has 0 spiro atoms. The molecule has 0 bridgehead atoms. The third kappa shape index (κ3) is 1.86. The standard InChI is InChI=1S/C7H10N2O2/c1-4(2)5-3-6(8)11-7(10)9-5/h4,8H,3H2,1-2H3. The number of nitrogens with zero attached hydrogens (tertiary/aromatic N) is 1. The van der Waals surface area contributed by atoms with E-state index in [1.165, 1.54) is 0 Å². The number of amides is 1. The van der Waals surface area contributed by atoms with Gasteiger partial charge in [-0.15, -0.1) is 0 Å². The monoisotopic (exact) mass is 154 g/mol. The number of hydrogen-bond donors (Lipinski definition) is 1. The van der Waals surface area contributed by atoms with E-state index in [0.717, 1.165) is 5.71 Å². The predicted molar refractivity (Wildman–Crippen MR) is 41.1 cm³/mol. The van der Waals surface area contributed by atoms with E-state index < -0.39 is 6.09 Å². The van der Waals surface area contributed by atoms with Crippen LogP contribution in [0.3, 0.4) is 0 Å². The molecule has 0 aromatic heterocycles. The molecule has 1 aliphatic rings. The Hall–Kier alpha value is -1.19. The smallest absolute Gasteiger partial charge is 0.394 e. The zero-order valence-electron chi connectivity index (χ0n) is 6.55. The Morgan fingerprint density at radius 1 is 1.64 bits per heavy atom. The molecule has 4 heteroatoms. The molecular formula is C7H10N2O2. The minimum absolute atomic E-state index is 0.00583. The fourth-order valence-electron chi connectivity index (χ4n) is 0.819. The number of carbonyl (C=O) groups excluding carboxylic acids is 1. The van der Waals surface area contributed by atoms with Crippen molar-refractivity contribution in [2.24, 2.45) is 10.9 Å². The second-order valence-corrected chi connectivity index (χ2v) is 2.73. The van der Waals surface area contributed by atoms with Gasteiger partial charge in [0, 0.05) is 5.71 Å². The van der Waals surface area contributed by atoms with E-state index >= 15 is 0 Å². The molecule has 1 N–H and O–H groups in total. The van der Waals surface area contributed by atoms with Gasteiger partial charge in [0.05, 0.1) is 6.42 Å². The van der Waals surface area contributed by atoms with Crippen LogP contribution in [-0.4, -0.2) is 17.7 Å². The molecule has 0 radical (unpaired) electrons. The van der Waals surface area contributed by atoms with Crippen LogP contribution in [0.4, 0.5) is 4.79 Å². The Morgan fingerprint density at radius 2 is 2.27 bits per heavy atom. The maximum absolute atomic E-state index is 10.6. The lowest BCUT2D eigenvalue weighted by Crippen LogP contribution is -2.24. The van der Waals surface area contributed by atoms with Crippen molar-refractivity contribution in [2.75, 3.05) is 0 Å². The minimum Gasteiger partial charge on any atom is -0.394 e. The Kier molecular flexibility index (Phi) is 2.03. The number of hydrogen-bond acceptors (Lipinski definition) is 3. The summed E-state index contributed by atoms with van der Waals surface area (Å²) >= 11 is 0. The molecule has 0 aromatic carbocycles. The van der Waals surface area contributed by atoms with Gasteiger partial charge in [0.15, 0.2) is 5.90 Å². The second kappa shape index (κ2) is 2.82. The molecule has 0 fully saturated rings. The van der Waals surface area contributed by atoms with Gasteiger partial charge in [-0.25, -0.2) is 4.79 Å². The van der Waals surface area contributed by atoms with Crippen molar-refractivity contribution in [3.8, 4) is 0 Å². The third-order valence-electron chi connectivity index (χ3n) is 1.45. The normalized spacial score (nSPS) is 18.3. The first-order valence-electron chi connectivity index (χ1n) is 3.46. The van der Waals surface area contributed by atoms with E-state index in [2.05, 4.69) is 9.73 Å². The van der Waals surface area contributed by atoms with Crippen LogP contribution in [-0.2, 0) is 4.74 Å². The summed E-state index contributed by atoms with van der Waals surface area (Å²) in [6, 6.07) is 0. The molecule has 0 saturated carbocycles. The zero-order valence-corrected chi connectivity index (χ0v) is 6.55. The third-order valence-corrected chi connectivity index (χ3v) is 1.45. The zero-order chi connectivity index (χ0) is 8.43. The van der Waals surface area contributed by atoms with E-state index in [1.807, 2.05) is 13.8 Å².